The predicted octanol–water partition coefficient (Wildman–Crippen LogP) is 5.51. The summed E-state index contributed by atoms with van der Waals surface area (Å²) in [5.74, 6) is 1.83. The van der Waals surface area contributed by atoms with Crippen LogP contribution in [0.1, 0.15) is 46.3 Å². The van der Waals surface area contributed by atoms with Crippen LogP contribution in [0.25, 0.3) is 16.7 Å². The minimum absolute atomic E-state index is 0.463. The number of aromatic nitrogens is 3. The van der Waals surface area contributed by atoms with Crippen LogP contribution in [0.15, 0.2) is 54.6 Å². The summed E-state index contributed by atoms with van der Waals surface area (Å²) in [7, 11) is 0. The molecule has 0 atom stereocenters. The van der Waals surface area contributed by atoms with E-state index in [1.54, 1.807) is 6.08 Å². The number of nitriles is 1. The lowest BCUT2D eigenvalue weighted by molar-refractivity contribution is 0.307. The van der Waals surface area contributed by atoms with E-state index in [1.807, 2.05) is 31.2 Å². The van der Waals surface area contributed by atoms with E-state index in [9.17, 15) is 5.26 Å². The maximum atomic E-state index is 9.41. The van der Waals surface area contributed by atoms with Crippen LogP contribution in [0.4, 0.5) is 0 Å². The molecule has 158 valence electrons. The van der Waals surface area contributed by atoms with Crippen molar-refractivity contribution in [2.24, 2.45) is 0 Å². The number of rotatable bonds is 3. The molecule has 0 amide bonds. The van der Waals surface area contributed by atoms with Crippen LogP contribution in [0.5, 0.6) is 5.75 Å². The van der Waals surface area contributed by atoms with Gasteiger partial charge in [-0.05, 0) is 54.3 Å². The maximum Gasteiger partial charge on any atom is 0.160 e. The Bertz CT molecular complexity index is 1420. The zero-order chi connectivity index (χ0) is 22.2. The van der Waals surface area contributed by atoms with Crippen molar-refractivity contribution in [3.8, 4) is 11.8 Å². The first-order valence-corrected chi connectivity index (χ1v) is 10.9. The average molecular weight is 421 g/mol. The van der Waals surface area contributed by atoms with E-state index in [4.69, 9.17) is 14.7 Å². The Kier molecular flexibility index (Phi) is 4.99. The number of nitrogens with zero attached hydrogens (tertiary/aromatic N) is 4. The van der Waals surface area contributed by atoms with Gasteiger partial charge in [-0.2, -0.15) is 5.26 Å². The van der Waals surface area contributed by atoms with Crippen molar-refractivity contribution in [1.29, 1.82) is 5.26 Å². The Morgan fingerprint density at radius 1 is 1.09 bits per heavy atom. The van der Waals surface area contributed by atoms with E-state index in [2.05, 4.69) is 48.7 Å². The van der Waals surface area contributed by atoms with Gasteiger partial charge in [0, 0.05) is 29.3 Å². The monoisotopic (exact) mass is 420 g/mol. The third kappa shape index (κ3) is 3.34. The van der Waals surface area contributed by atoms with Crippen LogP contribution in [-0.2, 0) is 19.6 Å². The summed E-state index contributed by atoms with van der Waals surface area (Å²) in [5.41, 5.74) is 9.17. The number of hydrogen-bond acceptors (Lipinski definition) is 4. The van der Waals surface area contributed by atoms with Gasteiger partial charge in [-0.3, -0.25) is 0 Å². The highest BCUT2D eigenvalue weighted by atomic mass is 16.5. The summed E-state index contributed by atoms with van der Waals surface area (Å²) in [6.07, 6.45) is 2.45. The number of imidazole rings is 1. The number of aryl methyl sites for hydroxylation is 3. The molecule has 3 heterocycles. The fraction of sp³-hybridized carbons (Fsp3) is 0.222. The van der Waals surface area contributed by atoms with E-state index in [0.717, 1.165) is 68.2 Å². The first-order chi connectivity index (χ1) is 15.6. The third-order valence-corrected chi connectivity index (χ3v) is 5.99. The van der Waals surface area contributed by atoms with Crippen molar-refractivity contribution in [3.05, 3.63) is 93.9 Å². The number of fused-ring (bicyclic) bond motifs is 3. The molecule has 5 heteroatoms. The molecule has 1 aliphatic rings. The number of hydrogen-bond donors (Lipinski definition) is 0. The topological polar surface area (TPSA) is 63.7 Å². The second-order valence-corrected chi connectivity index (χ2v) is 8.18. The number of para-hydroxylation sites is 1. The van der Waals surface area contributed by atoms with Crippen molar-refractivity contribution in [1.82, 2.24) is 14.5 Å². The van der Waals surface area contributed by atoms with E-state index in [-0.39, 0.29) is 0 Å². The molecule has 4 aromatic rings. The Hall–Kier alpha value is -3.91. The first-order valence-electron chi connectivity index (χ1n) is 10.9. The van der Waals surface area contributed by atoms with Gasteiger partial charge >= 0.3 is 0 Å². The largest absolute Gasteiger partial charge is 0.488 e. The summed E-state index contributed by atoms with van der Waals surface area (Å²) in [4.78, 5) is 9.66. The molecule has 0 aliphatic carbocycles. The van der Waals surface area contributed by atoms with Crippen molar-refractivity contribution >= 4 is 16.7 Å². The minimum atomic E-state index is 0.463. The molecule has 0 saturated heterocycles. The van der Waals surface area contributed by atoms with Gasteiger partial charge in [-0.1, -0.05) is 37.3 Å². The number of allylic oxidation sites excluding steroid dienone is 1. The van der Waals surface area contributed by atoms with Crippen LogP contribution in [0, 0.1) is 25.2 Å². The normalized spacial score (nSPS) is 13.9. The van der Waals surface area contributed by atoms with Gasteiger partial charge in [-0.25, -0.2) is 9.97 Å². The van der Waals surface area contributed by atoms with Crippen LogP contribution in [0.3, 0.4) is 0 Å². The molecule has 2 aromatic heterocycles. The molecule has 0 saturated carbocycles. The Labute approximate surface area is 187 Å². The second-order valence-electron chi connectivity index (χ2n) is 8.18. The van der Waals surface area contributed by atoms with E-state index >= 15 is 0 Å². The first kappa shape index (κ1) is 20.0. The molecule has 0 N–H and O–H groups in total. The SMILES string of the molecule is CCc1nc2c(C)cc(C)nc2n1Cc1ccc2c(c1)COc1ccccc1C2=CC#N. The summed E-state index contributed by atoms with van der Waals surface area (Å²) in [5, 5.41) is 9.41. The molecule has 5 rings (SSSR count). The molecular formula is C27H24N4O. The molecular weight excluding hydrogens is 396 g/mol. The van der Waals surface area contributed by atoms with Crippen LogP contribution >= 0.6 is 0 Å². The highest BCUT2D eigenvalue weighted by molar-refractivity contribution is 5.86. The maximum absolute atomic E-state index is 9.41. The molecule has 0 unspecified atom stereocenters. The van der Waals surface area contributed by atoms with Gasteiger partial charge in [0.1, 0.15) is 23.7 Å². The Morgan fingerprint density at radius 3 is 2.75 bits per heavy atom. The minimum Gasteiger partial charge on any atom is -0.488 e. The lowest BCUT2D eigenvalue weighted by Crippen LogP contribution is -2.07. The number of pyridine rings is 1. The Balaban J connectivity index is 1.59. The molecule has 5 nitrogen and oxygen atoms in total. The lowest BCUT2D eigenvalue weighted by atomic mass is 9.93. The summed E-state index contributed by atoms with van der Waals surface area (Å²) in [6, 6.07) is 18.6. The van der Waals surface area contributed by atoms with E-state index in [0.29, 0.717) is 13.2 Å². The molecule has 2 aromatic carbocycles. The molecule has 1 aliphatic heterocycles. The molecule has 0 bridgehead atoms. The zero-order valence-corrected chi connectivity index (χ0v) is 18.5. The highest BCUT2D eigenvalue weighted by Crippen LogP contribution is 2.37. The van der Waals surface area contributed by atoms with Crippen molar-refractivity contribution in [3.63, 3.8) is 0 Å². The number of benzene rings is 2. The van der Waals surface area contributed by atoms with Crippen molar-refractivity contribution in [2.75, 3.05) is 0 Å². The fourth-order valence-electron chi connectivity index (χ4n) is 4.53. The van der Waals surface area contributed by atoms with Gasteiger partial charge in [0.15, 0.2) is 5.65 Å². The summed E-state index contributed by atoms with van der Waals surface area (Å²) >= 11 is 0. The second kappa shape index (κ2) is 7.97. The van der Waals surface area contributed by atoms with Gasteiger partial charge in [0.25, 0.3) is 0 Å². The summed E-state index contributed by atoms with van der Waals surface area (Å²) < 4.78 is 8.32. The van der Waals surface area contributed by atoms with Crippen LogP contribution < -0.4 is 4.74 Å². The average Bonchev–Trinajstić information content (AvgIpc) is 3.06. The van der Waals surface area contributed by atoms with Gasteiger partial charge in [-0.15, -0.1) is 0 Å². The zero-order valence-electron chi connectivity index (χ0n) is 18.5. The van der Waals surface area contributed by atoms with E-state index in [1.165, 1.54) is 0 Å². The molecule has 0 spiro atoms. The summed E-state index contributed by atoms with van der Waals surface area (Å²) in [6.45, 7) is 7.39. The lowest BCUT2D eigenvalue weighted by Gasteiger charge is -2.13. The fourth-order valence-corrected chi connectivity index (χ4v) is 4.53. The van der Waals surface area contributed by atoms with Gasteiger partial charge in [0.05, 0.1) is 12.6 Å². The highest BCUT2D eigenvalue weighted by Gasteiger charge is 2.20. The van der Waals surface area contributed by atoms with Gasteiger partial charge < -0.3 is 9.30 Å². The Morgan fingerprint density at radius 2 is 1.94 bits per heavy atom. The quantitative estimate of drug-likeness (QED) is 0.410. The van der Waals surface area contributed by atoms with Crippen molar-refractivity contribution in [2.45, 2.75) is 40.3 Å². The molecule has 0 fully saturated rings. The third-order valence-electron chi connectivity index (χ3n) is 5.99. The molecule has 32 heavy (non-hydrogen) atoms. The predicted molar refractivity (Wildman–Crippen MR) is 125 cm³/mol. The van der Waals surface area contributed by atoms with Crippen LogP contribution in [0.2, 0.25) is 0 Å². The smallest absolute Gasteiger partial charge is 0.160 e. The standard InChI is InChI=1S/C27H24N4O/c1-4-25-30-26-17(2)13-18(3)29-27(26)31(25)15-19-9-10-21-20(14-19)16-32-24-8-6-5-7-23(24)22(21)11-12-28/h5-11,13-14H,4,15-16H2,1-3H3. The van der Waals surface area contributed by atoms with Crippen molar-refractivity contribution < 1.29 is 4.74 Å². The van der Waals surface area contributed by atoms with Gasteiger partial charge in [0.2, 0.25) is 0 Å². The van der Waals surface area contributed by atoms with E-state index < -0.39 is 0 Å². The van der Waals surface area contributed by atoms with Crippen LogP contribution in [-0.4, -0.2) is 14.5 Å². The molecule has 0 radical (unpaired) electrons. The number of ether oxygens (including phenoxy) is 1.